The van der Waals surface area contributed by atoms with Crippen LogP contribution in [-0.2, 0) is 21.2 Å². The van der Waals surface area contributed by atoms with E-state index >= 15 is 0 Å². The van der Waals surface area contributed by atoms with Crippen molar-refractivity contribution in [3.63, 3.8) is 0 Å². The number of methoxy groups -OCH3 is 1. The summed E-state index contributed by atoms with van der Waals surface area (Å²) in [6.45, 7) is 2.47. The van der Waals surface area contributed by atoms with Gasteiger partial charge >= 0.3 is 0 Å². The van der Waals surface area contributed by atoms with E-state index in [0.29, 0.717) is 29.4 Å². The summed E-state index contributed by atoms with van der Waals surface area (Å²) in [5.41, 5.74) is 3.66. The predicted octanol–water partition coefficient (Wildman–Crippen LogP) is 1.63. The Morgan fingerprint density at radius 1 is 1.17 bits per heavy atom. The molecule has 160 valence electrons. The molecule has 0 fully saturated rings. The fourth-order valence-electron chi connectivity index (χ4n) is 3.00. The van der Waals surface area contributed by atoms with Crippen molar-refractivity contribution in [2.75, 3.05) is 25.7 Å². The van der Waals surface area contributed by atoms with Crippen LogP contribution >= 0.6 is 0 Å². The standard InChI is InChI=1S/C20H23N3O6S/c1-4-9-29-17-8-5-13(11-18(17)28-3)20(25)21-22-30(26,27)15-6-7-16-14(10-15)12-19(24)23(16)2/h5-8,10-11,22H,4,9,12H2,1-3H3,(H,21,25). The smallest absolute Gasteiger partial charge is 0.266 e. The molecule has 0 aromatic heterocycles. The lowest BCUT2D eigenvalue weighted by atomic mass is 10.2. The highest BCUT2D eigenvalue weighted by Gasteiger charge is 2.26. The molecule has 2 N–H and O–H groups in total. The van der Waals surface area contributed by atoms with Gasteiger partial charge in [-0.25, -0.2) is 8.42 Å². The number of amides is 2. The highest BCUT2D eigenvalue weighted by atomic mass is 32.2. The third kappa shape index (κ3) is 4.39. The van der Waals surface area contributed by atoms with Crippen molar-refractivity contribution in [1.82, 2.24) is 10.3 Å². The van der Waals surface area contributed by atoms with Gasteiger partial charge in [-0.3, -0.25) is 15.0 Å². The molecule has 1 aliphatic heterocycles. The number of anilines is 1. The van der Waals surface area contributed by atoms with Crippen LogP contribution in [0.2, 0.25) is 0 Å². The number of rotatable bonds is 8. The molecule has 0 atom stereocenters. The zero-order valence-corrected chi connectivity index (χ0v) is 17.7. The number of nitrogens with one attached hydrogen (secondary N) is 2. The van der Waals surface area contributed by atoms with E-state index in [1.54, 1.807) is 19.2 Å². The number of likely N-dealkylation sites (N-methyl/N-ethyl adjacent to an activating group) is 1. The van der Waals surface area contributed by atoms with Gasteiger partial charge in [-0.15, -0.1) is 4.83 Å². The molecule has 0 saturated heterocycles. The average molecular weight is 433 g/mol. The van der Waals surface area contributed by atoms with E-state index in [2.05, 4.69) is 10.3 Å². The summed E-state index contributed by atoms with van der Waals surface area (Å²) in [5.74, 6) is 0.0941. The Morgan fingerprint density at radius 2 is 1.93 bits per heavy atom. The number of carbonyl (C=O) groups excluding carboxylic acids is 2. The summed E-state index contributed by atoms with van der Waals surface area (Å²) in [4.78, 5) is 27.7. The second-order valence-corrected chi connectivity index (χ2v) is 8.38. The third-order valence-corrected chi connectivity index (χ3v) is 5.87. The Kier molecular flexibility index (Phi) is 6.28. The van der Waals surface area contributed by atoms with Gasteiger partial charge in [-0.2, -0.15) is 0 Å². The van der Waals surface area contributed by atoms with E-state index < -0.39 is 15.9 Å². The third-order valence-electron chi connectivity index (χ3n) is 4.62. The lowest BCUT2D eigenvalue weighted by Gasteiger charge is -2.13. The molecule has 2 amide bonds. The van der Waals surface area contributed by atoms with Crippen molar-refractivity contribution in [2.45, 2.75) is 24.7 Å². The summed E-state index contributed by atoms with van der Waals surface area (Å²) in [7, 11) is -0.938. The molecule has 1 aliphatic rings. The first-order valence-electron chi connectivity index (χ1n) is 9.29. The summed E-state index contributed by atoms with van der Waals surface area (Å²) in [6, 6.07) is 8.93. The largest absolute Gasteiger partial charge is 0.493 e. The maximum Gasteiger partial charge on any atom is 0.266 e. The van der Waals surface area contributed by atoms with Crippen LogP contribution in [0.25, 0.3) is 0 Å². The zero-order chi connectivity index (χ0) is 21.9. The first-order chi connectivity index (χ1) is 14.3. The Bertz CT molecular complexity index is 1080. The molecule has 2 aromatic carbocycles. The van der Waals surface area contributed by atoms with Gasteiger partial charge in [0.1, 0.15) is 0 Å². The zero-order valence-electron chi connectivity index (χ0n) is 16.9. The molecule has 1 heterocycles. The van der Waals surface area contributed by atoms with Crippen molar-refractivity contribution in [3.8, 4) is 11.5 Å². The van der Waals surface area contributed by atoms with Crippen LogP contribution in [-0.4, -0.2) is 41.0 Å². The fraction of sp³-hybridized carbons (Fsp3) is 0.300. The second kappa shape index (κ2) is 8.72. The fourth-order valence-corrected chi connectivity index (χ4v) is 3.89. The first-order valence-corrected chi connectivity index (χ1v) is 10.8. The van der Waals surface area contributed by atoms with Gasteiger partial charge in [0, 0.05) is 18.3 Å². The van der Waals surface area contributed by atoms with Gasteiger partial charge < -0.3 is 14.4 Å². The van der Waals surface area contributed by atoms with Gasteiger partial charge in [-0.1, -0.05) is 6.92 Å². The molecule has 2 aromatic rings. The normalized spacial score (nSPS) is 13.2. The summed E-state index contributed by atoms with van der Waals surface area (Å²) in [6.07, 6.45) is 0.952. The molecule has 0 bridgehead atoms. The molecule has 3 rings (SSSR count). The van der Waals surface area contributed by atoms with Crippen molar-refractivity contribution in [1.29, 1.82) is 0 Å². The van der Waals surface area contributed by atoms with E-state index in [4.69, 9.17) is 9.47 Å². The van der Waals surface area contributed by atoms with Crippen LogP contribution in [0.5, 0.6) is 11.5 Å². The molecule has 0 unspecified atom stereocenters. The number of sulfonamides is 1. The lowest BCUT2D eigenvalue weighted by Crippen LogP contribution is -2.41. The van der Waals surface area contributed by atoms with E-state index in [1.807, 2.05) is 6.92 Å². The van der Waals surface area contributed by atoms with Gasteiger partial charge in [0.15, 0.2) is 11.5 Å². The number of hydrogen-bond donors (Lipinski definition) is 2. The number of fused-ring (bicyclic) bond motifs is 1. The van der Waals surface area contributed by atoms with Crippen molar-refractivity contribution in [3.05, 3.63) is 47.5 Å². The maximum atomic E-state index is 12.6. The lowest BCUT2D eigenvalue weighted by molar-refractivity contribution is -0.117. The first kappa shape index (κ1) is 21.6. The number of carbonyl (C=O) groups is 2. The van der Waals surface area contributed by atoms with Crippen LogP contribution < -0.4 is 24.6 Å². The molecule has 10 heteroatoms. The van der Waals surface area contributed by atoms with E-state index in [0.717, 1.165) is 6.42 Å². The number of hydrogen-bond acceptors (Lipinski definition) is 6. The van der Waals surface area contributed by atoms with E-state index in [-0.39, 0.29) is 22.8 Å². The summed E-state index contributed by atoms with van der Waals surface area (Å²) >= 11 is 0. The van der Waals surface area contributed by atoms with Gasteiger partial charge in [0.25, 0.3) is 15.9 Å². The van der Waals surface area contributed by atoms with Crippen molar-refractivity contribution in [2.24, 2.45) is 0 Å². The topological polar surface area (TPSA) is 114 Å². The molecule has 9 nitrogen and oxygen atoms in total. The Hall–Kier alpha value is -3.11. The number of hydrazine groups is 1. The van der Waals surface area contributed by atoms with Crippen LogP contribution in [0, 0.1) is 0 Å². The Balaban J connectivity index is 1.71. The summed E-state index contributed by atoms with van der Waals surface area (Å²) < 4.78 is 35.9. The maximum absolute atomic E-state index is 12.6. The predicted molar refractivity (Wildman–Crippen MR) is 110 cm³/mol. The Morgan fingerprint density at radius 3 is 2.63 bits per heavy atom. The number of benzene rings is 2. The van der Waals surface area contributed by atoms with Crippen molar-refractivity contribution >= 4 is 27.5 Å². The minimum absolute atomic E-state index is 0.0504. The highest BCUT2D eigenvalue weighted by Crippen LogP contribution is 2.30. The quantitative estimate of drug-likeness (QED) is 0.612. The summed E-state index contributed by atoms with van der Waals surface area (Å²) in [5, 5.41) is 0. The monoisotopic (exact) mass is 433 g/mol. The molecule has 0 aliphatic carbocycles. The van der Waals surface area contributed by atoms with Crippen LogP contribution in [0.4, 0.5) is 5.69 Å². The van der Waals surface area contributed by atoms with Crippen molar-refractivity contribution < 1.29 is 27.5 Å². The number of nitrogens with zero attached hydrogens (tertiary/aromatic N) is 1. The highest BCUT2D eigenvalue weighted by molar-refractivity contribution is 7.89. The molecule has 30 heavy (non-hydrogen) atoms. The number of ether oxygens (including phenoxy) is 2. The van der Waals surface area contributed by atoms with Gasteiger partial charge in [-0.05, 0) is 48.4 Å². The Labute approximate surface area is 175 Å². The molecule has 0 spiro atoms. The SMILES string of the molecule is CCCOc1ccc(C(=O)NNS(=O)(=O)c2ccc3c(c2)CC(=O)N3C)cc1OC. The minimum atomic E-state index is -4.02. The van der Waals surface area contributed by atoms with Gasteiger partial charge in [0.05, 0.1) is 25.0 Å². The second-order valence-electron chi connectivity index (χ2n) is 6.69. The molecular formula is C20H23N3O6S. The van der Waals surface area contributed by atoms with Crippen LogP contribution in [0.15, 0.2) is 41.3 Å². The van der Waals surface area contributed by atoms with Gasteiger partial charge in [0.2, 0.25) is 5.91 Å². The van der Waals surface area contributed by atoms with Crippen LogP contribution in [0.1, 0.15) is 29.3 Å². The van der Waals surface area contributed by atoms with Crippen LogP contribution in [0.3, 0.4) is 0 Å². The molecule has 0 saturated carbocycles. The van der Waals surface area contributed by atoms with E-state index in [1.165, 1.54) is 36.3 Å². The molecule has 0 radical (unpaired) electrons. The average Bonchev–Trinajstić information content (AvgIpc) is 3.03. The molecular weight excluding hydrogens is 410 g/mol. The van der Waals surface area contributed by atoms with E-state index in [9.17, 15) is 18.0 Å². The minimum Gasteiger partial charge on any atom is -0.493 e.